The summed E-state index contributed by atoms with van der Waals surface area (Å²) in [7, 11) is 0. The molecule has 3 heteroatoms. The van der Waals surface area contributed by atoms with Crippen LogP contribution in [-0.4, -0.2) is 11.2 Å². The Morgan fingerprint density at radius 3 is 2.60 bits per heavy atom. The lowest BCUT2D eigenvalue weighted by Crippen LogP contribution is -2.27. The van der Waals surface area contributed by atoms with Gasteiger partial charge in [-0.05, 0) is 48.8 Å². The lowest BCUT2D eigenvalue weighted by molar-refractivity contribution is 0.0728. The minimum absolute atomic E-state index is 0.140. The Hall–Kier alpha value is -0.600. The highest BCUT2D eigenvalue weighted by Gasteiger charge is 2.26. The molecule has 1 saturated carbocycles. The van der Waals surface area contributed by atoms with Gasteiger partial charge in [-0.25, -0.2) is 4.39 Å². The molecule has 1 aromatic carbocycles. The lowest BCUT2D eigenvalue weighted by Gasteiger charge is -2.31. The second kappa shape index (κ2) is 7.42. The fourth-order valence-corrected chi connectivity index (χ4v) is 3.55. The number of aliphatic hydroxyl groups is 1. The molecule has 0 aliphatic heterocycles. The quantitative estimate of drug-likeness (QED) is 0.812. The zero-order chi connectivity index (χ0) is 14.5. The number of halogens is 2. The summed E-state index contributed by atoms with van der Waals surface area (Å²) in [6.07, 6.45) is 7.51. The van der Waals surface area contributed by atoms with Crippen molar-refractivity contribution in [1.29, 1.82) is 0 Å². The van der Waals surface area contributed by atoms with Gasteiger partial charge in [-0.2, -0.15) is 0 Å². The van der Waals surface area contributed by atoms with E-state index in [1.807, 2.05) is 0 Å². The Morgan fingerprint density at radius 2 is 2.00 bits per heavy atom. The Morgan fingerprint density at radius 1 is 1.30 bits per heavy atom. The van der Waals surface area contributed by atoms with Crippen molar-refractivity contribution in [1.82, 2.24) is 0 Å². The number of hydrogen-bond acceptors (Lipinski definition) is 1. The van der Waals surface area contributed by atoms with Crippen molar-refractivity contribution in [3.63, 3.8) is 0 Å². The number of rotatable bonds is 5. The average molecular weight is 299 g/mol. The first kappa shape index (κ1) is 15.8. The fourth-order valence-electron chi connectivity index (χ4n) is 3.34. The van der Waals surface area contributed by atoms with Crippen LogP contribution in [0.3, 0.4) is 0 Å². The smallest absolute Gasteiger partial charge is 0.141 e. The predicted octanol–water partition coefficient (Wildman–Crippen LogP) is 4.99. The van der Waals surface area contributed by atoms with Gasteiger partial charge in [-0.3, -0.25) is 0 Å². The molecular formula is C17H24ClFO. The maximum atomic E-state index is 13.1. The molecule has 0 saturated heterocycles. The number of hydrogen-bond donors (Lipinski definition) is 1. The van der Waals surface area contributed by atoms with Crippen molar-refractivity contribution in [2.75, 3.05) is 0 Å². The van der Waals surface area contributed by atoms with Gasteiger partial charge in [0.2, 0.25) is 0 Å². The summed E-state index contributed by atoms with van der Waals surface area (Å²) in [6, 6.07) is 4.72. The minimum atomic E-state index is -0.398. The molecule has 0 spiro atoms. The Bertz CT molecular complexity index is 427. The molecular weight excluding hydrogens is 275 g/mol. The van der Waals surface area contributed by atoms with Crippen molar-refractivity contribution in [3.8, 4) is 0 Å². The second-order valence-corrected chi connectivity index (χ2v) is 6.50. The summed E-state index contributed by atoms with van der Waals surface area (Å²) >= 11 is 5.78. The van der Waals surface area contributed by atoms with Gasteiger partial charge in [0, 0.05) is 0 Å². The van der Waals surface area contributed by atoms with Crippen LogP contribution in [0.1, 0.15) is 51.0 Å². The summed E-state index contributed by atoms with van der Waals surface area (Å²) in [5.41, 5.74) is 0.916. The first-order chi connectivity index (χ1) is 9.60. The van der Waals surface area contributed by atoms with Crippen LogP contribution in [0.2, 0.25) is 5.02 Å². The maximum absolute atomic E-state index is 13.1. The van der Waals surface area contributed by atoms with Crippen LogP contribution in [0.5, 0.6) is 0 Å². The molecule has 0 radical (unpaired) electrons. The molecule has 2 rings (SSSR count). The third kappa shape index (κ3) is 4.20. The van der Waals surface area contributed by atoms with E-state index in [1.165, 1.54) is 31.7 Å². The van der Waals surface area contributed by atoms with Gasteiger partial charge in [0.05, 0.1) is 11.1 Å². The van der Waals surface area contributed by atoms with Crippen molar-refractivity contribution < 1.29 is 9.50 Å². The van der Waals surface area contributed by atoms with Gasteiger partial charge in [0.15, 0.2) is 0 Å². The van der Waals surface area contributed by atoms with Gasteiger partial charge in [0.1, 0.15) is 5.82 Å². The van der Waals surface area contributed by atoms with Gasteiger partial charge in [-0.15, -0.1) is 0 Å². The molecule has 1 nitrogen and oxygen atoms in total. The first-order valence-electron chi connectivity index (χ1n) is 7.72. The van der Waals surface area contributed by atoms with Gasteiger partial charge < -0.3 is 5.11 Å². The monoisotopic (exact) mass is 298 g/mol. The van der Waals surface area contributed by atoms with E-state index in [0.29, 0.717) is 12.3 Å². The first-order valence-corrected chi connectivity index (χ1v) is 8.10. The largest absolute Gasteiger partial charge is 0.392 e. The summed E-state index contributed by atoms with van der Waals surface area (Å²) in [4.78, 5) is 0. The standard InChI is InChI=1S/C17H24ClFO/c1-2-3-12-4-7-14(8-5-12)17(20)11-13-6-9-16(19)15(18)10-13/h6,9-10,12,14,17,20H,2-5,7-8,11H2,1H3. The van der Waals surface area contributed by atoms with Crippen molar-refractivity contribution >= 4 is 11.6 Å². The average Bonchev–Trinajstić information content (AvgIpc) is 2.44. The highest BCUT2D eigenvalue weighted by Crippen LogP contribution is 2.34. The topological polar surface area (TPSA) is 20.2 Å². The van der Waals surface area contributed by atoms with Crippen LogP contribution in [0.4, 0.5) is 4.39 Å². The summed E-state index contributed by atoms with van der Waals surface area (Å²) in [5.74, 6) is 0.834. The minimum Gasteiger partial charge on any atom is -0.392 e. The van der Waals surface area contributed by atoms with E-state index >= 15 is 0 Å². The zero-order valence-corrected chi connectivity index (χ0v) is 12.9. The van der Waals surface area contributed by atoms with E-state index in [4.69, 9.17) is 11.6 Å². The van der Waals surface area contributed by atoms with Gasteiger partial charge in [0.25, 0.3) is 0 Å². The number of aliphatic hydroxyl groups excluding tert-OH is 1. The molecule has 0 amide bonds. The van der Waals surface area contributed by atoms with E-state index in [0.717, 1.165) is 24.3 Å². The molecule has 1 fully saturated rings. The van der Waals surface area contributed by atoms with Crippen LogP contribution in [0, 0.1) is 17.7 Å². The Labute approximate surface area is 126 Å². The highest BCUT2D eigenvalue weighted by atomic mass is 35.5. The van der Waals surface area contributed by atoms with E-state index in [1.54, 1.807) is 12.1 Å². The van der Waals surface area contributed by atoms with E-state index in [-0.39, 0.29) is 11.1 Å². The van der Waals surface area contributed by atoms with Crippen LogP contribution in [0.25, 0.3) is 0 Å². The molecule has 1 N–H and O–H groups in total. The molecule has 1 aliphatic carbocycles. The van der Waals surface area contributed by atoms with E-state index < -0.39 is 5.82 Å². The molecule has 112 valence electrons. The molecule has 0 aromatic heterocycles. The van der Waals surface area contributed by atoms with Crippen molar-refractivity contribution in [2.45, 2.75) is 58.0 Å². The molecule has 0 heterocycles. The second-order valence-electron chi connectivity index (χ2n) is 6.09. The Balaban J connectivity index is 1.86. The van der Waals surface area contributed by atoms with Gasteiger partial charge >= 0.3 is 0 Å². The van der Waals surface area contributed by atoms with Crippen molar-refractivity contribution in [2.24, 2.45) is 11.8 Å². The number of benzene rings is 1. The van der Waals surface area contributed by atoms with E-state index in [2.05, 4.69) is 6.92 Å². The summed E-state index contributed by atoms with van der Waals surface area (Å²) in [5, 5.41) is 10.5. The lowest BCUT2D eigenvalue weighted by atomic mass is 9.77. The van der Waals surface area contributed by atoms with Crippen molar-refractivity contribution in [3.05, 3.63) is 34.6 Å². The molecule has 0 bridgehead atoms. The molecule has 1 aromatic rings. The van der Waals surface area contributed by atoms with Gasteiger partial charge in [-0.1, -0.05) is 50.3 Å². The van der Waals surface area contributed by atoms with Crippen LogP contribution < -0.4 is 0 Å². The summed E-state index contributed by atoms with van der Waals surface area (Å²) < 4.78 is 13.1. The molecule has 1 unspecified atom stereocenters. The Kier molecular flexibility index (Phi) is 5.86. The predicted molar refractivity (Wildman–Crippen MR) is 81.5 cm³/mol. The fraction of sp³-hybridized carbons (Fsp3) is 0.647. The van der Waals surface area contributed by atoms with Crippen LogP contribution in [0.15, 0.2) is 18.2 Å². The third-order valence-corrected chi connectivity index (χ3v) is 4.85. The van der Waals surface area contributed by atoms with Crippen LogP contribution >= 0.6 is 11.6 Å². The highest BCUT2D eigenvalue weighted by molar-refractivity contribution is 6.30. The zero-order valence-electron chi connectivity index (χ0n) is 12.1. The normalized spacial score (nSPS) is 24.6. The molecule has 1 aliphatic rings. The summed E-state index contributed by atoms with van der Waals surface area (Å²) in [6.45, 7) is 2.24. The third-order valence-electron chi connectivity index (χ3n) is 4.56. The SMILES string of the molecule is CCCC1CCC(C(O)Cc2ccc(F)c(Cl)c2)CC1. The van der Waals surface area contributed by atoms with Crippen LogP contribution in [-0.2, 0) is 6.42 Å². The van der Waals surface area contributed by atoms with E-state index in [9.17, 15) is 9.50 Å². The molecule has 20 heavy (non-hydrogen) atoms. The maximum Gasteiger partial charge on any atom is 0.141 e. The molecule has 1 atom stereocenters.